The molecule has 5 atom stereocenters. The van der Waals surface area contributed by atoms with Crippen molar-refractivity contribution in [1.82, 2.24) is 20.4 Å². The summed E-state index contributed by atoms with van der Waals surface area (Å²) in [7, 11) is 0. The Bertz CT molecular complexity index is 962. The number of nitrogens with one attached hydrogen (secondary N) is 2. The Morgan fingerprint density at radius 3 is 2.09 bits per heavy atom. The topological polar surface area (TPSA) is 123 Å². The summed E-state index contributed by atoms with van der Waals surface area (Å²) in [6.45, 7) is 10.7. The third-order valence-electron chi connectivity index (χ3n) is 7.67. The summed E-state index contributed by atoms with van der Waals surface area (Å²) in [6, 6.07) is -1.31. The largest absolute Gasteiger partial charge is 0.471 e. The summed E-state index contributed by atoms with van der Waals surface area (Å²) in [5.41, 5.74) is -1.31. The molecule has 2 aliphatic heterocycles. The van der Waals surface area contributed by atoms with Gasteiger partial charge in [0.2, 0.25) is 17.7 Å². The number of hydrogen-bond acceptors (Lipinski definition) is 5. The lowest BCUT2D eigenvalue weighted by Crippen LogP contribution is -2.62. The van der Waals surface area contributed by atoms with Crippen molar-refractivity contribution in [1.29, 1.82) is 5.26 Å². The first-order valence-electron chi connectivity index (χ1n) is 11.5. The van der Waals surface area contributed by atoms with Crippen LogP contribution in [-0.4, -0.2) is 77.4 Å². The number of fused-ring (bicyclic) bond motifs is 1. The number of likely N-dealkylation sites (tertiary alicyclic amines) is 2. The molecule has 3 aliphatic rings. The molecule has 0 aromatic heterocycles. The van der Waals surface area contributed by atoms with Gasteiger partial charge in [-0.15, -0.1) is 0 Å². The Morgan fingerprint density at radius 1 is 1.06 bits per heavy atom. The molecule has 2 N–H and O–H groups in total. The summed E-state index contributed by atoms with van der Waals surface area (Å²) in [5.74, 6) is -4.18. The van der Waals surface area contributed by atoms with Crippen molar-refractivity contribution in [2.24, 2.45) is 28.6 Å². The molecule has 2 heterocycles. The number of rotatable bonds is 5. The second kappa shape index (κ2) is 8.68. The molecule has 2 saturated heterocycles. The van der Waals surface area contributed by atoms with E-state index in [1.54, 1.807) is 4.90 Å². The number of nitrogens with zero attached hydrogens (tertiary/aromatic N) is 3. The average Bonchev–Trinajstić information content (AvgIpc) is 3.02. The van der Waals surface area contributed by atoms with Gasteiger partial charge >= 0.3 is 12.1 Å². The molecule has 0 spiro atoms. The second-order valence-corrected chi connectivity index (χ2v) is 11.5. The van der Waals surface area contributed by atoms with Gasteiger partial charge < -0.3 is 20.4 Å². The molecule has 1 aliphatic carbocycles. The monoisotopic (exact) mass is 499 g/mol. The molecule has 35 heavy (non-hydrogen) atoms. The fourth-order valence-corrected chi connectivity index (χ4v) is 5.32. The van der Waals surface area contributed by atoms with E-state index in [4.69, 9.17) is 0 Å². The minimum Gasteiger partial charge on any atom is -0.342 e. The zero-order valence-corrected chi connectivity index (χ0v) is 20.7. The van der Waals surface area contributed by atoms with Crippen LogP contribution in [0.1, 0.15) is 41.5 Å². The first-order chi connectivity index (χ1) is 15.9. The summed E-state index contributed by atoms with van der Waals surface area (Å²) in [4.78, 5) is 52.7. The van der Waals surface area contributed by atoms with Crippen LogP contribution < -0.4 is 10.6 Å². The SMILES string of the molecule is CC(=O)N1CC(C(C#N)NC(=O)[C@@H]2[C@@H]3[C@H](CN2C(=O)[C@@H](NC(=O)C(F)(F)F)C(C)(C)C)C3(C)C)C1. The molecule has 0 radical (unpaired) electrons. The first-order valence-corrected chi connectivity index (χ1v) is 11.5. The zero-order valence-electron chi connectivity index (χ0n) is 20.7. The number of hydrogen-bond donors (Lipinski definition) is 2. The highest BCUT2D eigenvalue weighted by Crippen LogP contribution is 2.65. The molecule has 9 nitrogen and oxygen atoms in total. The van der Waals surface area contributed by atoms with Crippen molar-refractivity contribution >= 4 is 23.6 Å². The predicted molar refractivity (Wildman–Crippen MR) is 117 cm³/mol. The van der Waals surface area contributed by atoms with Crippen LogP contribution in [0.3, 0.4) is 0 Å². The third-order valence-corrected chi connectivity index (χ3v) is 7.67. The third kappa shape index (κ3) is 4.95. The van der Waals surface area contributed by atoms with Gasteiger partial charge in [0, 0.05) is 32.5 Å². The van der Waals surface area contributed by atoms with E-state index in [1.807, 2.05) is 25.2 Å². The molecular weight excluding hydrogens is 467 g/mol. The quantitative estimate of drug-likeness (QED) is 0.586. The summed E-state index contributed by atoms with van der Waals surface area (Å²) in [5, 5.41) is 14.1. The van der Waals surface area contributed by atoms with E-state index in [0.29, 0.717) is 13.1 Å². The highest BCUT2D eigenvalue weighted by Gasteiger charge is 2.70. The van der Waals surface area contributed by atoms with Crippen LogP contribution in [0, 0.1) is 39.9 Å². The number of amides is 4. The lowest BCUT2D eigenvalue weighted by Gasteiger charge is -2.41. The van der Waals surface area contributed by atoms with E-state index >= 15 is 0 Å². The van der Waals surface area contributed by atoms with Crippen molar-refractivity contribution < 1.29 is 32.3 Å². The molecule has 0 aromatic carbocycles. The van der Waals surface area contributed by atoms with Crippen molar-refractivity contribution in [3.8, 4) is 6.07 Å². The van der Waals surface area contributed by atoms with Crippen molar-refractivity contribution in [3.63, 3.8) is 0 Å². The van der Waals surface area contributed by atoms with Crippen molar-refractivity contribution in [3.05, 3.63) is 0 Å². The van der Waals surface area contributed by atoms with Gasteiger partial charge in [-0.05, 0) is 22.7 Å². The van der Waals surface area contributed by atoms with E-state index < -0.39 is 47.4 Å². The normalized spacial score (nSPS) is 27.1. The van der Waals surface area contributed by atoms with E-state index in [2.05, 4.69) is 5.32 Å². The summed E-state index contributed by atoms with van der Waals surface area (Å²) >= 11 is 0. The van der Waals surface area contributed by atoms with Crippen LogP contribution >= 0.6 is 0 Å². The van der Waals surface area contributed by atoms with Crippen molar-refractivity contribution in [2.75, 3.05) is 19.6 Å². The molecule has 1 saturated carbocycles. The van der Waals surface area contributed by atoms with Gasteiger partial charge in [0.15, 0.2) is 0 Å². The maximum absolute atomic E-state index is 13.5. The summed E-state index contributed by atoms with van der Waals surface area (Å²) < 4.78 is 38.8. The minimum absolute atomic E-state index is 0.0291. The van der Waals surface area contributed by atoms with Gasteiger partial charge in [0.1, 0.15) is 18.1 Å². The molecule has 194 valence electrons. The molecule has 1 unspecified atom stereocenters. The van der Waals surface area contributed by atoms with Crippen LogP contribution in [0.4, 0.5) is 13.2 Å². The fourth-order valence-electron chi connectivity index (χ4n) is 5.32. The molecule has 4 amide bonds. The van der Waals surface area contributed by atoms with Crippen LogP contribution in [-0.2, 0) is 19.2 Å². The van der Waals surface area contributed by atoms with E-state index in [-0.39, 0.29) is 35.6 Å². The molecule has 0 bridgehead atoms. The molecule has 3 fully saturated rings. The molecule has 12 heteroatoms. The first kappa shape index (κ1) is 26.8. The zero-order chi connectivity index (χ0) is 26.7. The lowest BCUT2D eigenvalue weighted by atomic mass is 9.85. The van der Waals surface area contributed by atoms with Gasteiger partial charge in [-0.25, -0.2) is 0 Å². The van der Waals surface area contributed by atoms with Gasteiger partial charge in [-0.3, -0.25) is 19.2 Å². The molecule has 3 rings (SSSR count). The Balaban J connectivity index is 1.80. The van der Waals surface area contributed by atoms with Crippen LogP contribution in [0.2, 0.25) is 0 Å². The smallest absolute Gasteiger partial charge is 0.342 e. The lowest BCUT2D eigenvalue weighted by molar-refractivity contribution is -0.176. The van der Waals surface area contributed by atoms with Crippen LogP contribution in [0.5, 0.6) is 0 Å². The number of carbonyl (C=O) groups excluding carboxylic acids is 4. The van der Waals surface area contributed by atoms with Crippen LogP contribution in [0.25, 0.3) is 0 Å². The van der Waals surface area contributed by atoms with Gasteiger partial charge in [0.05, 0.1) is 6.07 Å². The molecular formula is C23H32F3N5O4. The summed E-state index contributed by atoms with van der Waals surface area (Å²) in [6.07, 6.45) is -5.16. The number of carbonyl (C=O) groups is 4. The number of alkyl halides is 3. The van der Waals surface area contributed by atoms with Gasteiger partial charge in [-0.1, -0.05) is 34.6 Å². The fraction of sp³-hybridized carbons (Fsp3) is 0.783. The van der Waals surface area contributed by atoms with E-state index in [0.717, 1.165) is 0 Å². The van der Waals surface area contributed by atoms with E-state index in [9.17, 15) is 37.6 Å². The minimum atomic E-state index is -5.16. The Labute approximate surface area is 202 Å². The number of nitriles is 1. The molecule has 0 aromatic rings. The number of piperidine rings is 1. The van der Waals surface area contributed by atoms with Crippen LogP contribution in [0.15, 0.2) is 0 Å². The Hall–Kier alpha value is -2.84. The Morgan fingerprint density at radius 2 is 1.63 bits per heavy atom. The predicted octanol–water partition coefficient (Wildman–Crippen LogP) is 1.05. The maximum atomic E-state index is 13.5. The maximum Gasteiger partial charge on any atom is 0.471 e. The Kier molecular flexibility index (Phi) is 6.63. The van der Waals surface area contributed by atoms with Gasteiger partial charge in [-0.2, -0.15) is 18.4 Å². The highest BCUT2D eigenvalue weighted by molar-refractivity contribution is 5.95. The van der Waals surface area contributed by atoms with E-state index in [1.165, 1.54) is 32.6 Å². The second-order valence-electron chi connectivity index (χ2n) is 11.5. The van der Waals surface area contributed by atoms with Crippen molar-refractivity contribution in [2.45, 2.75) is 65.8 Å². The number of halogens is 3. The highest BCUT2D eigenvalue weighted by atomic mass is 19.4. The van der Waals surface area contributed by atoms with Gasteiger partial charge in [0.25, 0.3) is 0 Å². The average molecular weight is 500 g/mol. The standard InChI is InChI=1S/C23H32F3N5O4/c1-11(32)30-8-12(9-30)14(7-27)28-18(33)16-15-13(22(15,5)6)10-31(16)19(34)17(21(2,3)4)29-20(35)23(24,25)26/h12-17H,8-10H2,1-6H3,(H,28,33)(H,29,35)/t13-,14?,15-,16-,17+/m0/s1.